The van der Waals surface area contributed by atoms with Crippen molar-refractivity contribution in [1.29, 1.82) is 0 Å². The molecule has 0 aliphatic heterocycles. The Morgan fingerprint density at radius 2 is 1.57 bits per heavy atom. The number of hydrogen-bond donors (Lipinski definition) is 1. The van der Waals surface area contributed by atoms with Gasteiger partial charge >= 0.3 is 5.97 Å². The van der Waals surface area contributed by atoms with Crippen LogP contribution in [-0.4, -0.2) is 38.2 Å². The van der Waals surface area contributed by atoms with E-state index in [1.54, 1.807) is 13.8 Å². The fraction of sp³-hybridized carbons (Fsp3) is 0.938. The fourth-order valence-electron chi connectivity index (χ4n) is 3.31. The summed E-state index contributed by atoms with van der Waals surface area (Å²) in [5.74, 6) is -0.385. The quantitative estimate of drug-likeness (QED) is 0.638. The third-order valence-corrected chi connectivity index (χ3v) is 10.1. The summed E-state index contributed by atoms with van der Waals surface area (Å²) in [5.41, 5.74) is -2.66. The molecule has 21 heavy (non-hydrogen) atoms. The molecule has 1 rings (SSSR count). The number of methoxy groups -OCH3 is 1. The van der Waals surface area contributed by atoms with Crippen molar-refractivity contribution in [2.75, 3.05) is 7.11 Å². The standard InChI is InChI=1S/C16H32O4Si/c1-13(2,3)21(9,10)20-11-14(4,5)16(11,12(17)19-8)15(6,7)18/h11,18H,1-10H3/t11-,16-/m1/s1. The van der Waals surface area contributed by atoms with Crippen LogP contribution >= 0.6 is 0 Å². The van der Waals surface area contributed by atoms with Crippen molar-refractivity contribution in [3.8, 4) is 0 Å². The molecule has 0 aromatic rings. The number of rotatable bonds is 4. The Labute approximate surface area is 130 Å². The lowest BCUT2D eigenvalue weighted by Crippen LogP contribution is -2.47. The molecule has 1 aliphatic carbocycles. The number of esters is 1. The summed E-state index contributed by atoms with van der Waals surface area (Å²) in [4.78, 5) is 12.5. The molecule has 0 bridgehead atoms. The molecule has 0 radical (unpaired) electrons. The van der Waals surface area contributed by atoms with Crippen molar-refractivity contribution in [3.63, 3.8) is 0 Å². The van der Waals surface area contributed by atoms with Crippen LogP contribution in [0.4, 0.5) is 0 Å². The van der Waals surface area contributed by atoms with E-state index in [0.29, 0.717) is 0 Å². The molecular weight excluding hydrogens is 284 g/mol. The maximum absolute atomic E-state index is 12.5. The third-order valence-electron chi connectivity index (χ3n) is 5.67. The zero-order valence-corrected chi connectivity index (χ0v) is 16.2. The molecule has 0 unspecified atom stereocenters. The number of aliphatic hydroxyl groups is 1. The topological polar surface area (TPSA) is 55.8 Å². The first kappa shape index (κ1) is 18.7. The van der Waals surface area contributed by atoms with Crippen LogP contribution in [-0.2, 0) is 14.0 Å². The molecule has 0 amide bonds. The van der Waals surface area contributed by atoms with Crippen molar-refractivity contribution >= 4 is 14.3 Å². The van der Waals surface area contributed by atoms with Gasteiger partial charge in [0.2, 0.25) is 0 Å². The molecular formula is C16H32O4Si. The van der Waals surface area contributed by atoms with Gasteiger partial charge in [-0.25, -0.2) is 0 Å². The largest absolute Gasteiger partial charge is 0.468 e. The van der Waals surface area contributed by atoms with Gasteiger partial charge in [-0.1, -0.05) is 34.6 Å². The Kier molecular flexibility index (Phi) is 4.26. The van der Waals surface area contributed by atoms with Gasteiger partial charge in [-0.15, -0.1) is 0 Å². The predicted molar refractivity (Wildman–Crippen MR) is 86.6 cm³/mol. The maximum atomic E-state index is 12.5. The lowest BCUT2D eigenvalue weighted by Gasteiger charge is -2.38. The molecule has 1 aliphatic rings. The number of hydrogen-bond acceptors (Lipinski definition) is 4. The lowest BCUT2D eigenvalue weighted by molar-refractivity contribution is -0.161. The van der Waals surface area contributed by atoms with Gasteiger partial charge in [0.1, 0.15) is 5.41 Å². The Hall–Kier alpha value is -0.393. The van der Waals surface area contributed by atoms with E-state index in [9.17, 15) is 9.90 Å². The van der Waals surface area contributed by atoms with Crippen LogP contribution in [0.5, 0.6) is 0 Å². The van der Waals surface area contributed by atoms with E-state index in [-0.39, 0.29) is 17.1 Å². The van der Waals surface area contributed by atoms with Gasteiger partial charge in [0, 0.05) is 5.41 Å². The first-order chi connectivity index (χ1) is 9.07. The van der Waals surface area contributed by atoms with Gasteiger partial charge in [0.15, 0.2) is 8.32 Å². The highest BCUT2D eigenvalue weighted by Gasteiger charge is 2.83. The minimum atomic E-state index is -2.04. The second kappa shape index (κ2) is 4.80. The molecule has 0 aromatic heterocycles. The molecule has 1 N–H and O–H groups in total. The van der Waals surface area contributed by atoms with Crippen molar-refractivity contribution in [1.82, 2.24) is 0 Å². The normalized spacial score (nSPS) is 29.2. The Balaban J connectivity index is 3.24. The third kappa shape index (κ3) is 2.47. The highest BCUT2D eigenvalue weighted by molar-refractivity contribution is 6.74. The molecule has 5 heteroatoms. The number of carbonyl (C=O) groups is 1. The van der Waals surface area contributed by atoms with Crippen LogP contribution < -0.4 is 0 Å². The van der Waals surface area contributed by atoms with Crippen LogP contribution in [0.15, 0.2) is 0 Å². The summed E-state index contributed by atoms with van der Waals surface area (Å²) in [5, 5.41) is 10.7. The summed E-state index contributed by atoms with van der Waals surface area (Å²) in [6.45, 7) is 18.1. The molecule has 0 saturated heterocycles. The molecule has 2 atom stereocenters. The summed E-state index contributed by atoms with van der Waals surface area (Å²) in [7, 11) is -0.671. The van der Waals surface area contributed by atoms with Crippen molar-refractivity contribution in [3.05, 3.63) is 0 Å². The van der Waals surface area contributed by atoms with E-state index >= 15 is 0 Å². The van der Waals surface area contributed by atoms with Gasteiger partial charge in [-0.05, 0) is 32.0 Å². The Bertz CT molecular complexity index is 429. The number of ether oxygens (including phenoxy) is 1. The van der Waals surface area contributed by atoms with Crippen LogP contribution in [0, 0.1) is 10.8 Å². The van der Waals surface area contributed by atoms with E-state index in [4.69, 9.17) is 9.16 Å². The second-order valence-corrected chi connectivity index (χ2v) is 13.6. The zero-order valence-electron chi connectivity index (χ0n) is 15.2. The van der Waals surface area contributed by atoms with Crippen LogP contribution in [0.2, 0.25) is 18.1 Å². The van der Waals surface area contributed by atoms with Crippen molar-refractivity contribution < 1.29 is 19.1 Å². The predicted octanol–water partition coefficient (Wildman–Crippen LogP) is 3.35. The highest BCUT2D eigenvalue weighted by Crippen LogP contribution is 2.71. The van der Waals surface area contributed by atoms with Crippen LogP contribution in [0.1, 0.15) is 48.5 Å². The van der Waals surface area contributed by atoms with Crippen LogP contribution in [0.25, 0.3) is 0 Å². The fourth-order valence-corrected chi connectivity index (χ4v) is 4.73. The van der Waals surface area contributed by atoms with E-state index < -0.39 is 24.7 Å². The molecule has 0 spiro atoms. The average molecular weight is 317 g/mol. The number of carbonyl (C=O) groups excluding carboxylic acids is 1. The molecule has 124 valence electrons. The Morgan fingerprint density at radius 3 is 1.86 bits per heavy atom. The van der Waals surface area contributed by atoms with E-state index in [1.807, 2.05) is 13.8 Å². The van der Waals surface area contributed by atoms with E-state index in [1.165, 1.54) is 7.11 Å². The molecule has 1 saturated carbocycles. The zero-order chi connectivity index (χ0) is 17.1. The molecule has 1 fully saturated rings. The first-order valence-corrected chi connectivity index (χ1v) is 10.5. The van der Waals surface area contributed by atoms with Gasteiger partial charge in [0.25, 0.3) is 0 Å². The maximum Gasteiger partial charge on any atom is 0.318 e. The van der Waals surface area contributed by atoms with Gasteiger partial charge < -0.3 is 14.3 Å². The van der Waals surface area contributed by atoms with Crippen LogP contribution in [0.3, 0.4) is 0 Å². The molecule has 4 nitrogen and oxygen atoms in total. The van der Waals surface area contributed by atoms with E-state index in [0.717, 1.165) is 0 Å². The SMILES string of the molecule is COC(=O)[C@]1(C(C)(C)O)[C@H](O[Si](C)(C)C(C)(C)C)C1(C)C. The van der Waals surface area contributed by atoms with Crippen molar-refractivity contribution in [2.24, 2.45) is 10.8 Å². The minimum Gasteiger partial charge on any atom is -0.468 e. The first-order valence-electron chi connectivity index (χ1n) is 7.56. The van der Waals surface area contributed by atoms with Crippen molar-refractivity contribution in [2.45, 2.75) is 78.3 Å². The second-order valence-electron chi connectivity index (χ2n) is 8.84. The summed E-state index contributed by atoms with van der Waals surface area (Å²) < 4.78 is 11.5. The molecule has 0 heterocycles. The highest BCUT2D eigenvalue weighted by atomic mass is 28.4. The summed E-state index contributed by atoms with van der Waals surface area (Å²) in [6, 6.07) is 0. The Morgan fingerprint density at radius 1 is 1.14 bits per heavy atom. The monoisotopic (exact) mass is 316 g/mol. The summed E-state index contributed by atoms with van der Waals surface area (Å²) in [6.07, 6.45) is -0.321. The van der Waals surface area contributed by atoms with Gasteiger partial charge in [0.05, 0.1) is 18.8 Å². The lowest BCUT2D eigenvalue weighted by atomic mass is 9.81. The minimum absolute atomic E-state index is 0.0487. The van der Waals surface area contributed by atoms with E-state index in [2.05, 4.69) is 33.9 Å². The van der Waals surface area contributed by atoms with Gasteiger partial charge in [-0.3, -0.25) is 4.79 Å². The van der Waals surface area contributed by atoms with Gasteiger partial charge in [-0.2, -0.15) is 0 Å². The average Bonchev–Trinajstić information content (AvgIpc) is 2.72. The summed E-state index contributed by atoms with van der Waals surface area (Å²) >= 11 is 0. The molecule has 0 aromatic carbocycles. The smallest absolute Gasteiger partial charge is 0.318 e.